The van der Waals surface area contributed by atoms with Gasteiger partial charge in [0.25, 0.3) is 11.8 Å². The molecule has 2 aliphatic rings. The number of pyridine rings is 1. The molecule has 0 bridgehead atoms. The van der Waals surface area contributed by atoms with Crippen LogP contribution < -0.4 is 0 Å². The molecule has 0 spiro atoms. The standard InChI is InChI=1S/C22H19N3O4/c26-20-14-7-1-2-8-15(14)21(27)25(20)22(28)18(17-9-3-4-11-29-17)16-12-13-6-5-10-23-19(13)24-16/h1-2,5-8,10,12,17-18H,3-4,9,11H2,(H,23,24). The summed E-state index contributed by atoms with van der Waals surface area (Å²) in [5.74, 6) is -2.50. The molecule has 7 heteroatoms. The molecule has 2 atom stereocenters. The molecule has 5 rings (SSSR count). The third-order valence-electron chi connectivity index (χ3n) is 5.61. The zero-order valence-corrected chi connectivity index (χ0v) is 15.6. The topological polar surface area (TPSA) is 92.4 Å². The number of benzene rings is 1. The van der Waals surface area contributed by atoms with Crippen LogP contribution in [0.2, 0.25) is 0 Å². The zero-order chi connectivity index (χ0) is 20.0. The Morgan fingerprint density at radius 3 is 2.52 bits per heavy atom. The van der Waals surface area contributed by atoms with Crippen molar-refractivity contribution >= 4 is 28.8 Å². The molecule has 29 heavy (non-hydrogen) atoms. The van der Waals surface area contributed by atoms with Crippen molar-refractivity contribution in [1.82, 2.24) is 14.9 Å². The number of imide groups is 3. The summed E-state index contributed by atoms with van der Waals surface area (Å²) in [5, 5.41) is 0.860. The van der Waals surface area contributed by atoms with E-state index >= 15 is 0 Å². The van der Waals surface area contributed by atoms with Gasteiger partial charge in [-0.2, -0.15) is 0 Å². The predicted octanol–water partition coefficient (Wildman–Crippen LogP) is 3.04. The van der Waals surface area contributed by atoms with Crippen LogP contribution in [0.25, 0.3) is 11.0 Å². The Morgan fingerprint density at radius 2 is 1.86 bits per heavy atom. The number of H-pyrrole nitrogens is 1. The van der Waals surface area contributed by atoms with E-state index in [1.165, 1.54) is 0 Å². The van der Waals surface area contributed by atoms with Gasteiger partial charge in [-0.3, -0.25) is 14.4 Å². The summed E-state index contributed by atoms with van der Waals surface area (Å²) in [6, 6.07) is 12.1. The number of rotatable bonds is 3. The Kier molecular flexibility index (Phi) is 4.24. The maximum Gasteiger partial charge on any atom is 0.268 e. The van der Waals surface area contributed by atoms with Gasteiger partial charge in [0.2, 0.25) is 5.91 Å². The molecular weight excluding hydrogens is 370 g/mol. The number of aromatic nitrogens is 2. The Bertz CT molecular complexity index is 1060. The Balaban J connectivity index is 1.57. The van der Waals surface area contributed by atoms with Crippen molar-refractivity contribution in [3.63, 3.8) is 0 Å². The van der Waals surface area contributed by atoms with Crippen molar-refractivity contribution in [3.05, 3.63) is 65.5 Å². The van der Waals surface area contributed by atoms with Crippen LogP contribution in [-0.2, 0) is 9.53 Å². The minimum absolute atomic E-state index is 0.257. The number of carbonyl (C=O) groups is 3. The first-order chi connectivity index (χ1) is 14.1. The number of carbonyl (C=O) groups excluding carboxylic acids is 3. The smallest absolute Gasteiger partial charge is 0.268 e. The van der Waals surface area contributed by atoms with Crippen molar-refractivity contribution in [2.45, 2.75) is 31.3 Å². The number of hydrogen-bond acceptors (Lipinski definition) is 5. The van der Waals surface area contributed by atoms with Crippen LogP contribution in [0, 0.1) is 0 Å². The molecule has 146 valence electrons. The predicted molar refractivity (Wildman–Crippen MR) is 104 cm³/mol. The van der Waals surface area contributed by atoms with Crippen LogP contribution in [0.15, 0.2) is 48.7 Å². The number of nitrogens with one attached hydrogen (secondary N) is 1. The van der Waals surface area contributed by atoms with Crippen LogP contribution in [0.1, 0.15) is 51.6 Å². The van der Waals surface area contributed by atoms with E-state index in [0.717, 1.165) is 23.1 Å². The molecule has 2 aliphatic heterocycles. The van der Waals surface area contributed by atoms with Gasteiger partial charge in [-0.05, 0) is 49.6 Å². The van der Waals surface area contributed by atoms with Gasteiger partial charge in [0.15, 0.2) is 0 Å². The van der Waals surface area contributed by atoms with E-state index in [1.807, 2.05) is 18.2 Å². The number of fused-ring (bicyclic) bond motifs is 2. The van der Waals surface area contributed by atoms with Gasteiger partial charge in [-0.15, -0.1) is 0 Å². The second-order valence-electron chi connectivity index (χ2n) is 7.38. The first-order valence-electron chi connectivity index (χ1n) is 9.72. The number of ether oxygens (including phenoxy) is 1. The summed E-state index contributed by atoms with van der Waals surface area (Å²) in [7, 11) is 0. The molecule has 2 aromatic heterocycles. The van der Waals surface area contributed by atoms with E-state index < -0.39 is 29.7 Å². The highest BCUT2D eigenvalue weighted by atomic mass is 16.5. The Morgan fingerprint density at radius 1 is 1.10 bits per heavy atom. The van der Waals surface area contributed by atoms with Crippen LogP contribution in [-0.4, -0.2) is 45.3 Å². The molecule has 1 saturated heterocycles. The third-order valence-corrected chi connectivity index (χ3v) is 5.61. The number of nitrogens with zero attached hydrogens (tertiary/aromatic N) is 2. The van der Waals surface area contributed by atoms with E-state index in [0.29, 0.717) is 24.4 Å². The Labute approximate surface area is 166 Å². The molecule has 7 nitrogen and oxygen atoms in total. The maximum absolute atomic E-state index is 13.6. The summed E-state index contributed by atoms with van der Waals surface area (Å²) in [5.41, 5.74) is 1.77. The van der Waals surface area contributed by atoms with Gasteiger partial charge in [-0.1, -0.05) is 12.1 Å². The fraction of sp³-hybridized carbons (Fsp3) is 0.273. The molecule has 0 saturated carbocycles. The highest BCUT2D eigenvalue weighted by molar-refractivity contribution is 6.29. The fourth-order valence-electron chi connectivity index (χ4n) is 4.20. The van der Waals surface area contributed by atoms with Gasteiger partial charge in [0.1, 0.15) is 11.6 Å². The number of hydrogen-bond donors (Lipinski definition) is 1. The fourth-order valence-corrected chi connectivity index (χ4v) is 4.20. The van der Waals surface area contributed by atoms with Crippen molar-refractivity contribution in [2.24, 2.45) is 0 Å². The molecule has 4 heterocycles. The van der Waals surface area contributed by atoms with E-state index in [2.05, 4.69) is 9.97 Å². The molecule has 1 aromatic carbocycles. The van der Waals surface area contributed by atoms with Gasteiger partial charge < -0.3 is 9.72 Å². The van der Waals surface area contributed by atoms with Gasteiger partial charge in [0.05, 0.1) is 17.2 Å². The largest absolute Gasteiger partial charge is 0.377 e. The monoisotopic (exact) mass is 389 g/mol. The van der Waals surface area contributed by atoms with Crippen molar-refractivity contribution < 1.29 is 19.1 Å². The first kappa shape index (κ1) is 17.8. The lowest BCUT2D eigenvalue weighted by molar-refractivity contribution is -0.133. The molecule has 0 aliphatic carbocycles. The average Bonchev–Trinajstić information content (AvgIpc) is 3.28. The van der Waals surface area contributed by atoms with Crippen molar-refractivity contribution in [1.29, 1.82) is 0 Å². The summed E-state index contributed by atoms with van der Waals surface area (Å²) in [6.07, 6.45) is 3.80. The molecule has 2 unspecified atom stereocenters. The van der Waals surface area contributed by atoms with Gasteiger partial charge >= 0.3 is 0 Å². The average molecular weight is 389 g/mol. The maximum atomic E-state index is 13.6. The normalized spacial score (nSPS) is 20.1. The van der Waals surface area contributed by atoms with Crippen LogP contribution >= 0.6 is 0 Å². The minimum Gasteiger partial charge on any atom is -0.377 e. The summed E-state index contributed by atoms with van der Waals surface area (Å²) in [4.78, 5) is 47.5. The van der Waals surface area contributed by atoms with Crippen molar-refractivity contribution in [3.8, 4) is 0 Å². The van der Waals surface area contributed by atoms with E-state index in [1.54, 1.807) is 30.5 Å². The number of amides is 3. The Hall–Kier alpha value is -3.32. The van der Waals surface area contributed by atoms with E-state index in [9.17, 15) is 14.4 Å². The highest BCUT2D eigenvalue weighted by Crippen LogP contribution is 2.34. The second-order valence-corrected chi connectivity index (χ2v) is 7.38. The van der Waals surface area contributed by atoms with Crippen LogP contribution in [0.5, 0.6) is 0 Å². The lowest BCUT2D eigenvalue weighted by Gasteiger charge is -2.30. The molecule has 1 N–H and O–H groups in total. The zero-order valence-electron chi connectivity index (χ0n) is 15.6. The number of aromatic amines is 1. The lowest BCUT2D eigenvalue weighted by atomic mass is 9.91. The SMILES string of the molecule is O=C1c2ccccc2C(=O)N1C(=O)C(c1cc2cccnc2[nH]1)C1CCCCO1. The molecule has 3 amide bonds. The third kappa shape index (κ3) is 2.86. The summed E-state index contributed by atoms with van der Waals surface area (Å²) < 4.78 is 5.91. The van der Waals surface area contributed by atoms with Gasteiger partial charge in [-0.25, -0.2) is 9.88 Å². The molecule has 1 fully saturated rings. The summed E-state index contributed by atoms with van der Waals surface area (Å²) >= 11 is 0. The molecule has 3 aromatic rings. The highest BCUT2D eigenvalue weighted by Gasteiger charge is 2.45. The minimum atomic E-state index is -0.785. The van der Waals surface area contributed by atoms with Crippen molar-refractivity contribution in [2.75, 3.05) is 6.61 Å². The first-order valence-corrected chi connectivity index (χ1v) is 9.72. The van der Waals surface area contributed by atoms with E-state index in [4.69, 9.17) is 4.74 Å². The van der Waals surface area contributed by atoms with Crippen LogP contribution in [0.4, 0.5) is 0 Å². The van der Waals surface area contributed by atoms with Crippen LogP contribution in [0.3, 0.4) is 0 Å². The van der Waals surface area contributed by atoms with E-state index in [-0.39, 0.29) is 11.1 Å². The molecular formula is C22H19N3O4. The lowest BCUT2D eigenvalue weighted by Crippen LogP contribution is -2.44. The summed E-state index contributed by atoms with van der Waals surface area (Å²) in [6.45, 7) is 0.551. The van der Waals surface area contributed by atoms with Gasteiger partial charge in [0, 0.05) is 23.9 Å². The molecule has 0 radical (unpaired) electrons. The quantitative estimate of drug-likeness (QED) is 0.695. The second kappa shape index (κ2) is 6.93.